The Labute approximate surface area is 108 Å². The van der Waals surface area contributed by atoms with Crippen molar-refractivity contribution >= 4 is 0 Å². The van der Waals surface area contributed by atoms with Crippen molar-refractivity contribution in [2.45, 2.75) is 66.2 Å². The highest BCUT2D eigenvalue weighted by molar-refractivity contribution is 4.65. The van der Waals surface area contributed by atoms with Gasteiger partial charge in [0.05, 0.1) is 0 Å². The number of hydrogen-bond donors (Lipinski definition) is 2. The van der Waals surface area contributed by atoms with Crippen LogP contribution in [0.25, 0.3) is 0 Å². The quantitative estimate of drug-likeness (QED) is 0.575. The molecular weight excluding hydrogens is 210 g/mol. The fourth-order valence-corrected chi connectivity index (χ4v) is 1.97. The lowest BCUT2D eigenvalue weighted by atomic mass is 9.96. The third-order valence-electron chi connectivity index (χ3n) is 3.10. The van der Waals surface area contributed by atoms with E-state index in [0.717, 1.165) is 13.1 Å². The molecule has 0 amide bonds. The zero-order valence-corrected chi connectivity index (χ0v) is 12.4. The third kappa shape index (κ3) is 12.2. The number of nitrogens with one attached hydrogen (secondary N) is 1. The van der Waals surface area contributed by atoms with E-state index < -0.39 is 0 Å². The fourth-order valence-electron chi connectivity index (χ4n) is 1.97. The molecule has 0 heterocycles. The summed E-state index contributed by atoms with van der Waals surface area (Å²) in [6.07, 6.45) is 7.36. The highest BCUT2D eigenvalue weighted by atomic mass is 16.3. The Balaban J connectivity index is 3.36. The van der Waals surface area contributed by atoms with Gasteiger partial charge in [-0.1, -0.05) is 47.0 Å². The molecular formula is C15H33NO. The summed E-state index contributed by atoms with van der Waals surface area (Å²) in [5, 5.41) is 12.7. The summed E-state index contributed by atoms with van der Waals surface area (Å²) in [5.74, 6) is 0.539. The van der Waals surface area contributed by atoms with E-state index in [1.807, 2.05) is 0 Å². The van der Waals surface area contributed by atoms with E-state index in [9.17, 15) is 5.11 Å². The minimum Gasteiger partial charge on any atom is -0.396 e. The maximum atomic E-state index is 9.25. The Morgan fingerprint density at radius 3 is 2.24 bits per heavy atom. The van der Waals surface area contributed by atoms with Crippen LogP contribution >= 0.6 is 0 Å². The van der Waals surface area contributed by atoms with Crippen LogP contribution in [0.2, 0.25) is 0 Å². The van der Waals surface area contributed by atoms with Gasteiger partial charge >= 0.3 is 0 Å². The summed E-state index contributed by atoms with van der Waals surface area (Å²) in [5.41, 5.74) is 0.384. The SMILES string of the molecule is CCCC[C@H](CO)CCCCNCC(C)(C)C. The van der Waals surface area contributed by atoms with Gasteiger partial charge in [0.2, 0.25) is 0 Å². The third-order valence-corrected chi connectivity index (χ3v) is 3.10. The van der Waals surface area contributed by atoms with E-state index in [0.29, 0.717) is 17.9 Å². The molecule has 0 unspecified atom stereocenters. The van der Waals surface area contributed by atoms with Crippen LogP contribution in [0.1, 0.15) is 66.2 Å². The second-order valence-electron chi connectivity index (χ2n) is 6.42. The van der Waals surface area contributed by atoms with Crippen molar-refractivity contribution in [3.05, 3.63) is 0 Å². The van der Waals surface area contributed by atoms with Crippen LogP contribution in [0.15, 0.2) is 0 Å². The minimum absolute atomic E-state index is 0.370. The monoisotopic (exact) mass is 243 g/mol. The Morgan fingerprint density at radius 1 is 1.06 bits per heavy atom. The molecule has 104 valence electrons. The molecule has 0 bridgehead atoms. The van der Waals surface area contributed by atoms with Gasteiger partial charge in [0.25, 0.3) is 0 Å². The Kier molecular flexibility index (Phi) is 9.85. The first-order valence-electron chi connectivity index (χ1n) is 7.31. The van der Waals surface area contributed by atoms with E-state index in [2.05, 4.69) is 33.0 Å². The van der Waals surface area contributed by atoms with Crippen molar-refractivity contribution in [3.63, 3.8) is 0 Å². The smallest absolute Gasteiger partial charge is 0.0459 e. The predicted octanol–water partition coefficient (Wildman–Crippen LogP) is 3.59. The number of rotatable bonds is 10. The van der Waals surface area contributed by atoms with Gasteiger partial charge in [-0.05, 0) is 43.7 Å². The second-order valence-corrected chi connectivity index (χ2v) is 6.42. The zero-order chi connectivity index (χ0) is 13.1. The lowest BCUT2D eigenvalue weighted by Crippen LogP contribution is -2.27. The van der Waals surface area contributed by atoms with Crippen molar-refractivity contribution in [2.75, 3.05) is 19.7 Å². The number of aliphatic hydroxyl groups is 1. The van der Waals surface area contributed by atoms with Crippen LogP contribution in [0.4, 0.5) is 0 Å². The molecule has 2 nitrogen and oxygen atoms in total. The van der Waals surface area contributed by atoms with Gasteiger partial charge in [-0.25, -0.2) is 0 Å². The summed E-state index contributed by atoms with van der Waals surface area (Å²) in [4.78, 5) is 0. The van der Waals surface area contributed by atoms with Crippen molar-refractivity contribution in [3.8, 4) is 0 Å². The van der Waals surface area contributed by atoms with Gasteiger partial charge in [0.15, 0.2) is 0 Å². The molecule has 0 rings (SSSR count). The van der Waals surface area contributed by atoms with Crippen LogP contribution in [0.5, 0.6) is 0 Å². The maximum absolute atomic E-state index is 9.25. The van der Waals surface area contributed by atoms with E-state index in [4.69, 9.17) is 0 Å². The van der Waals surface area contributed by atoms with Crippen LogP contribution < -0.4 is 5.32 Å². The van der Waals surface area contributed by atoms with Gasteiger partial charge in [-0.2, -0.15) is 0 Å². The van der Waals surface area contributed by atoms with Crippen LogP contribution in [0.3, 0.4) is 0 Å². The lowest BCUT2D eigenvalue weighted by Gasteiger charge is -2.19. The number of hydrogen-bond acceptors (Lipinski definition) is 2. The van der Waals surface area contributed by atoms with Crippen LogP contribution in [0, 0.1) is 11.3 Å². The number of unbranched alkanes of at least 4 members (excludes halogenated alkanes) is 2. The molecule has 0 radical (unpaired) electrons. The van der Waals surface area contributed by atoms with Crippen molar-refractivity contribution in [1.82, 2.24) is 5.32 Å². The standard InChI is InChI=1S/C15H33NO/c1-5-6-9-14(12-17)10-7-8-11-16-13-15(2,3)4/h14,16-17H,5-13H2,1-4H3/t14-/m0/s1. The van der Waals surface area contributed by atoms with Crippen molar-refractivity contribution in [1.29, 1.82) is 0 Å². The van der Waals surface area contributed by atoms with Crippen LogP contribution in [-0.2, 0) is 0 Å². The van der Waals surface area contributed by atoms with E-state index >= 15 is 0 Å². The Morgan fingerprint density at radius 2 is 1.71 bits per heavy atom. The molecule has 0 aromatic carbocycles. The van der Waals surface area contributed by atoms with Gasteiger partial charge < -0.3 is 10.4 Å². The van der Waals surface area contributed by atoms with E-state index in [-0.39, 0.29) is 0 Å². The molecule has 0 aliphatic carbocycles. The summed E-state index contributed by atoms with van der Waals surface area (Å²) in [7, 11) is 0. The molecule has 0 aliphatic heterocycles. The largest absolute Gasteiger partial charge is 0.396 e. The average Bonchev–Trinajstić information content (AvgIpc) is 2.25. The molecule has 0 spiro atoms. The van der Waals surface area contributed by atoms with E-state index in [1.54, 1.807) is 0 Å². The Hall–Kier alpha value is -0.0800. The first-order chi connectivity index (χ1) is 7.99. The Bertz CT molecular complexity index is 163. The summed E-state index contributed by atoms with van der Waals surface area (Å²) < 4.78 is 0. The average molecular weight is 243 g/mol. The molecule has 0 saturated heterocycles. The van der Waals surface area contributed by atoms with Crippen LogP contribution in [-0.4, -0.2) is 24.8 Å². The van der Waals surface area contributed by atoms with Gasteiger partial charge in [0.1, 0.15) is 0 Å². The summed E-state index contributed by atoms with van der Waals surface area (Å²) in [6.45, 7) is 11.6. The topological polar surface area (TPSA) is 32.3 Å². The fraction of sp³-hybridized carbons (Fsp3) is 1.00. The lowest BCUT2D eigenvalue weighted by molar-refractivity contribution is 0.205. The first-order valence-corrected chi connectivity index (χ1v) is 7.31. The molecule has 1 atom stereocenters. The first kappa shape index (κ1) is 16.9. The molecule has 2 heteroatoms. The molecule has 17 heavy (non-hydrogen) atoms. The maximum Gasteiger partial charge on any atom is 0.0459 e. The molecule has 0 aromatic heterocycles. The molecule has 2 N–H and O–H groups in total. The molecule has 0 aromatic rings. The van der Waals surface area contributed by atoms with E-state index in [1.165, 1.54) is 38.5 Å². The van der Waals surface area contributed by atoms with Gasteiger partial charge in [0, 0.05) is 6.61 Å². The molecule has 0 aliphatic rings. The van der Waals surface area contributed by atoms with Gasteiger partial charge in [-0.15, -0.1) is 0 Å². The van der Waals surface area contributed by atoms with Crippen molar-refractivity contribution < 1.29 is 5.11 Å². The highest BCUT2D eigenvalue weighted by Gasteiger charge is 2.09. The van der Waals surface area contributed by atoms with Gasteiger partial charge in [-0.3, -0.25) is 0 Å². The molecule has 0 saturated carbocycles. The van der Waals surface area contributed by atoms with Crippen molar-refractivity contribution in [2.24, 2.45) is 11.3 Å². The molecule has 0 fully saturated rings. The second kappa shape index (κ2) is 9.90. The zero-order valence-electron chi connectivity index (χ0n) is 12.4. The highest BCUT2D eigenvalue weighted by Crippen LogP contribution is 2.15. The summed E-state index contributed by atoms with van der Waals surface area (Å²) in [6, 6.07) is 0. The summed E-state index contributed by atoms with van der Waals surface area (Å²) >= 11 is 0. The number of aliphatic hydroxyl groups excluding tert-OH is 1. The normalized spacial score (nSPS) is 13.9. The minimum atomic E-state index is 0.370. The predicted molar refractivity (Wildman–Crippen MR) is 76.3 cm³/mol.